The van der Waals surface area contributed by atoms with E-state index in [1.807, 2.05) is 0 Å². The summed E-state index contributed by atoms with van der Waals surface area (Å²) in [6, 6.07) is 10.7. The lowest BCUT2D eigenvalue weighted by molar-refractivity contribution is -0.386. The van der Waals surface area contributed by atoms with Crippen LogP contribution in [0.3, 0.4) is 0 Å². The van der Waals surface area contributed by atoms with Gasteiger partial charge in [0.2, 0.25) is 5.91 Å². The van der Waals surface area contributed by atoms with Crippen molar-refractivity contribution < 1.29 is 19.2 Å². The number of ether oxygens (including phenoxy) is 2. The number of nitro groups is 1. The molecule has 2 aromatic rings. The fourth-order valence-corrected chi connectivity index (χ4v) is 2.47. The third kappa shape index (κ3) is 3.49. The lowest BCUT2D eigenvalue weighted by atomic mass is 9.82. The van der Waals surface area contributed by atoms with Crippen molar-refractivity contribution in [3.63, 3.8) is 0 Å². The third-order valence-corrected chi connectivity index (χ3v) is 3.74. The quantitative estimate of drug-likeness (QED) is 0.590. The zero-order valence-corrected chi connectivity index (χ0v) is 14.4. The van der Waals surface area contributed by atoms with Crippen LogP contribution in [0.25, 0.3) is 0 Å². The van der Waals surface area contributed by atoms with Crippen LogP contribution in [0.4, 0.5) is 5.69 Å². The highest BCUT2D eigenvalue weighted by Crippen LogP contribution is 2.40. The van der Waals surface area contributed by atoms with Crippen LogP contribution >= 0.6 is 12.4 Å². The number of amides is 1. The molecule has 0 saturated carbocycles. The summed E-state index contributed by atoms with van der Waals surface area (Å²) in [5.41, 5.74) is 9.73. The van der Waals surface area contributed by atoms with Crippen LogP contribution in [0, 0.1) is 10.1 Å². The summed E-state index contributed by atoms with van der Waals surface area (Å²) in [4.78, 5) is 23.0. The van der Waals surface area contributed by atoms with Crippen LogP contribution in [0.1, 0.15) is 11.1 Å². The number of rotatable bonds is 6. The molecule has 1 atom stereocenters. The molecule has 0 bridgehead atoms. The third-order valence-electron chi connectivity index (χ3n) is 3.74. The average Bonchev–Trinajstić information content (AvgIpc) is 2.60. The van der Waals surface area contributed by atoms with Crippen molar-refractivity contribution in [2.75, 3.05) is 14.2 Å². The predicted octanol–water partition coefficient (Wildman–Crippen LogP) is 1.72. The number of halogens is 1. The Balaban J connectivity index is 0.00000312. The van der Waals surface area contributed by atoms with Crippen molar-refractivity contribution in [2.45, 2.75) is 5.54 Å². The van der Waals surface area contributed by atoms with Crippen molar-refractivity contribution >= 4 is 24.0 Å². The maximum absolute atomic E-state index is 12.2. The molecule has 0 heterocycles. The van der Waals surface area contributed by atoms with Gasteiger partial charge in [-0.15, -0.1) is 12.4 Å². The fourth-order valence-electron chi connectivity index (χ4n) is 2.47. The molecular weight excluding hydrogens is 350 g/mol. The Labute approximate surface area is 150 Å². The molecule has 2 aromatic carbocycles. The molecule has 0 saturated heterocycles. The summed E-state index contributed by atoms with van der Waals surface area (Å²) < 4.78 is 10.2. The van der Waals surface area contributed by atoms with Crippen molar-refractivity contribution in [1.82, 2.24) is 0 Å². The van der Waals surface area contributed by atoms with E-state index in [4.69, 9.17) is 20.9 Å². The Morgan fingerprint density at radius 2 is 1.64 bits per heavy atom. The second-order valence-electron chi connectivity index (χ2n) is 5.02. The smallest absolute Gasteiger partial charge is 0.279 e. The van der Waals surface area contributed by atoms with Gasteiger partial charge in [-0.3, -0.25) is 14.9 Å². The van der Waals surface area contributed by atoms with Crippen molar-refractivity contribution in [1.29, 1.82) is 0 Å². The molecule has 4 N–H and O–H groups in total. The molecular formula is C16H18ClN3O5. The Hall–Kier alpha value is -2.84. The van der Waals surface area contributed by atoms with Gasteiger partial charge in [-0.1, -0.05) is 30.3 Å². The van der Waals surface area contributed by atoms with Gasteiger partial charge >= 0.3 is 0 Å². The van der Waals surface area contributed by atoms with E-state index in [2.05, 4.69) is 0 Å². The van der Waals surface area contributed by atoms with Gasteiger partial charge in [-0.25, -0.2) is 0 Å². The van der Waals surface area contributed by atoms with Crippen LogP contribution in [-0.4, -0.2) is 25.1 Å². The number of nitrogens with two attached hydrogens (primary N) is 2. The zero-order valence-electron chi connectivity index (χ0n) is 13.6. The zero-order chi connectivity index (χ0) is 17.9. The first-order chi connectivity index (χ1) is 11.4. The molecule has 8 nitrogen and oxygen atoms in total. The maximum atomic E-state index is 12.2. The van der Waals surface area contributed by atoms with Gasteiger partial charge < -0.3 is 20.9 Å². The van der Waals surface area contributed by atoms with Gasteiger partial charge in [0, 0.05) is 0 Å². The second-order valence-corrected chi connectivity index (χ2v) is 5.02. The first-order valence-electron chi connectivity index (χ1n) is 6.91. The van der Waals surface area contributed by atoms with Crippen LogP contribution in [0.2, 0.25) is 0 Å². The topological polar surface area (TPSA) is 131 Å². The molecule has 0 aliphatic rings. The van der Waals surface area contributed by atoms with E-state index >= 15 is 0 Å². The molecule has 1 unspecified atom stereocenters. The molecule has 0 fully saturated rings. The number of methoxy groups -OCH3 is 2. The van der Waals surface area contributed by atoms with E-state index in [0.29, 0.717) is 5.56 Å². The van der Waals surface area contributed by atoms with Crippen molar-refractivity contribution in [3.8, 4) is 11.5 Å². The predicted molar refractivity (Wildman–Crippen MR) is 94.1 cm³/mol. The number of hydrogen-bond donors (Lipinski definition) is 2. The number of nitrogens with zero attached hydrogens (tertiary/aromatic N) is 1. The Bertz CT molecular complexity index is 785. The monoisotopic (exact) mass is 367 g/mol. The standard InChI is InChI=1S/C16H17N3O5.ClH/c1-23-13-8-11(12(19(21)22)9-14(13)24-2)16(18,15(17)20)10-6-4-3-5-7-10;/h3-9H,18H2,1-2H3,(H2,17,20);1H. The summed E-state index contributed by atoms with van der Waals surface area (Å²) in [7, 11) is 2.72. The first kappa shape index (κ1) is 20.2. The number of benzene rings is 2. The normalized spacial score (nSPS) is 12.4. The van der Waals surface area contributed by atoms with E-state index in [0.717, 1.165) is 6.07 Å². The molecule has 0 radical (unpaired) electrons. The van der Waals surface area contributed by atoms with E-state index in [1.165, 1.54) is 20.3 Å². The Morgan fingerprint density at radius 1 is 1.12 bits per heavy atom. The molecule has 1 amide bonds. The molecule has 0 aromatic heterocycles. The fraction of sp³-hybridized carbons (Fsp3) is 0.188. The first-order valence-corrected chi connectivity index (χ1v) is 6.91. The molecule has 25 heavy (non-hydrogen) atoms. The van der Waals surface area contributed by atoms with Crippen LogP contribution in [0.5, 0.6) is 11.5 Å². The van der Waals surface area contributed by atoms with Crippen LogP contribution < -0.4 is 20.9 Å². The molecule has 0 aliphatic heterocycles. The number of primary amides is 1. The molecule has 9 heteroatoms. The van der Waals surface area contributed by atoms with Gasteiger partial charge in [0.15, 0.2) is 17.0 Å². The molecule has 2 rings (SSSR count). The SMILES string of the molecule is COc1cc([N+](=O)[O-])c(C(N)(C(N)=O)c2ccccc2)cc1OC.Cl. The minimum absolute atomic E-state index is 0. The highest BCUT2D eigenvalue weighted by atomic mass is 35.5. The van der Waals surface area contributed by atoms with Crippen LogP contribution in [-0.2, 0) is 10.3 Å². The van der Waals surface area contributed by atoms with Crippen LogP contribution in [0.15, 0.2) is 42.5 Å². The summed E-state index contributed by atoms with van der Waals surface area (Å²) >= 11 is 0. The molecule has 0 aliphatic carbocycles. The average molecular weight is 368 g/mol. The molecule has 134 valence electrons. The van der Waals surface area contributed by atoms with Crippen molar-refractivity contribution in [2.24, 2.45) is 11.5 Å². The number of carbonyl (C=O) groups excluding carboxylic acids is 1. The Morgan fingerprint density at radius 3 is 2.08 bits per heavy atom. The van der Waals surface area contributed by atoms with Gasteiger partial charge in [0.05, 0.1) is 30.8 Å². The minimum atomic E-state index is -1.90. The summed E-state index contributed by atoms with van der Waals surface area (Å²) in [5, 5.41) is 11.5. The highest BCUT2D eigenvalue weighted by Gasteiger charge is 2.42. The van der Waals surface area contributed by atoms with E-state index in [9.17, 15) is 14.9 Å². The van der Waals surface area contributed by atoms with E-state index in [1.54, 1.807) is 30.3 Å². The molecule has 0 spiro atoms. The number of carbonyl (C=O) groups is 1. The van der Waals surface area contributed by atoms with Crippen molar-refractivity contribution in [3.05, 3.63) is 63.7 Å². The lowest BCUT2D eigenvalue weighted by Gasteiger charge is -2.27. The second kappa shape index (κ2) is 7.82. The largest absolute Gasteiger partial charge is 0.493 e. The summed E-state index contributed by atoms with van der Waals surface area (Å²) in [6.45, 7) is 0. The number of hydrogen-bond acceptors (Lipinski definition) is 6. The highest BCUT2D eigenvalue weighted by molar-refractivity contribution is 5.91. The maximum Gasteiger partial charge on any atom is 0.279 e. The van der Waals surface area contributed by atoms with E-state index < -0.39 is 22.1 Å². The Kier molecular flexibility index (Phi) is 6.32. The summed E-state index contributed by atoms with van der Waals surface area (Å²) in [5.74, 6) is -0.582. The number of nitro benzene ring substituents is 1. The van der Waals surface area contributed by atoms with E-state index in [-0.39, 0.29) is 29.5 Å². The van der Waals surface area contributed by atoms with Gasteiger partial charge in [-0.05, 0) is 11.6 Å². The lowest BCUT2D eigenvalue weighted by Crippen LogP contribution is -2.50. The van der Waals surface area contributed by atoms with Gasteiger partial charge in [0.25, 0.3) is 5.69 Å². The van der Waals surface area contributed by atoms with Gasteiger partial charge in [-0.2, -0.15) is 0 Å². The van der Waals surface area contributed by atoms with Gasteiger partial charge in [0.1, 0.15) is 0 Å². The minimum Gasteiger partial charge on any atom is -0.493 e. The summed E-state index contributed by atoms with van der Waals surface area (Å²) in [6.07, 6.45) is 0.